The van der Waals surface area contributed by atoms with Crippen LogP contribution in [0.4, 0.5) is 0 Å². The number of carbonyl (C=O) groups excluding carboxylic acids is 2. The number of nitrogens with zero attached hydrogens (tertiary/aromatic N) is 2. The van der Waals surface area contributed by atoms with Crippen LogP contribution in [0.2, 0.25) is 0 Å². The van der Waals surface area contributed by atoms with Crippen molar-refractivity contribution < 1.29 is 33.3 Å². The number of fused-ring (bicyclic) bond motifs is 1. The number of hydrogen-bond donors (Lipinski definition) is 0. The summed E-state index contributed by atoms with van der Waals surface area (Å²) in [5.74, 6) is 0.448. The summed E-state index contributed by atoms with van der Waals surface area (Å²) in [5.41, 5.74) is 1.50. The van der Waals surface area contributed by atoms with E-state index in [0.717, 1.165) is 5.56 Å². The maximum absolute atomic E-state index is 13.9. The molecular formula is C30H30N2O8S. The van der Waals surface area contributed by atoms with Gasteiger partial charge in [0, 0.05) is 6.92 Å². The lowest BCUT2D eigenvalue weighted by Gasteiger charge is -2.25. The van der Waals surface area contributed by atoms with Crippen molar-refractivity contribution in [2.45, 2.75) is 26.8 Å². The van der Waals surface area contributed by atoms with E-state index < -0.39 is 18.0 Å². The summed E-state index contributed by atoms with van der Waals surface area (Å²) in [4.78, 5) is 43.8. The van der Waals surface area contributed by atoms with Crippen molar-refractivity contribution in [3.05, 3.63) is 91.1 Å². The van der Waals surface area contributed by atoms with Crippen LogP contribution in [0.5, 0.6) is 23.0 Å². The van der Waals surface area contributed by atoms with Crippen molar-refractivity contribution in [1.29, 1.82) is 0 Å². The molecule has 0 fully saturated rings. The van der Waals surface area contributed by atoms with Gasteiger partial charge in [0.05, 0.1) is 42.7 Å². The highest BCUT2D eigenvalue weighted by atomic mass is 32.1. The summed E-state index contributed by atoms with van der Waals surface area (Å²) >= 11 is 1.19. The van der Waals surface area contributed by atoms with Gasteiger partial charge in [-0.15, -0.1) is 0 Å². The summed E-state index contributed by atoms with van der Waals surface area (Å²) < 4.78 is 29.0. The third-order valence-electron chi connectivity index (χ3n) is 6.12. The number of carbonyl (C=O) groups is 2. The largest absolute Gasteiger partial charge is 0.493 e. The van der Waals surface area contributed by atoms with E-state index in [1.54, 1.807) is 50.4 Å². The first-order chi connectivity index (χ1) is 19.7. The van der Waals surface area contributed by atoms with Crippen LogP contribution in [-0.2, 0) is 14.3 Å². The van der Waals surface area contributed by atoms with E-state index in [9.17, 15) is 14.4 Å². The summed E-state index contributed by atoms with van der Waals surface area (Å²) in [7, 11) is 2.98. The first-order valence-electron chi connectivity index (χ1n) is 12.7. The van der Waals surface area contributed by atoms with Crippen molar-refractivity contribution in [2.24, 2.45) is 4.99 Å². The summed E-state index contributed by atoms with van der Waals surface area (Å²) in [6, 6.07) is 9.34. The molecule has 2 heterocycles. The highest BCUT2D eigenvalue weighted by molar-refractivity contribution is 7.07. The molecule has 0 spiro atoms. The number of esters is 2. The molecule has 1 unspecified atom stereocenters. The minimum atomic E-state index is -0.888. The Morgan fingerprint density at radius 1 is 1.07 bits per heavy atom. The van der Waals surface area contributed by atoms with Gasteiger partial charge in [-0.3, -0.25) is 14.2 Å². The average Bonchev–Trinajstić information content (AvgIpc) is 3.25. The van der Waals surface area contributed by atoms with Gasteiger partial charge in [0.2, 0.25) is 0 Å². The number of benzene rings is 2. The number of hydrogen-bond acceptors (Lipinski definition) is 10. The number of ether oxygens (including phenoxy) is 5. The second-order valence-corrected chi connectivity index (χ2v) is 9.83. The van der Waals surface area contributed by atoms with Crippen LogP contribution in [0, 0.1) is 0 Å². The highest BCUT2D eigenvalue weighted by Crippen LogP contribution is 2.36. The third kappa shape index (κ3) is 6.09. The molecule has 214 valence electrons. The van der Waals surface area contributed by atoms with E-state index in [0.29, 0.717) is 38.7 Å². The van der Waals surface area contributed by atoms with Gasteiger partial charge in [0.25, 0.3) is 5.56 Å². The van der Waals surface area contributed by atoms with Crippen LogP contribution in [0.1, 0.15) is 37.9 Å². The van der Waals surface area contributed by atoms with Gasteiger partial charge in [0.1, 0.15) is 6.61 Å². The predicted octanol–water partition coefficient (Wildman–Crippen LogP) is 3.31. The number of aromatic nitrogens is 1. The molecule has 0 saturated carbocycles. The van der Waals surface area contributed by atoms with E-state index in [1.165, 1.54) is 36.0 Å². The number of methoxy groups -OCH3 is 2. The van der Waals surface area contributed by atoms with Gasteiger partial charge in [-0.25, -0.2) is 9.79 Å². The van der Waals surface area contributed by atoms with Crippen LogP contribution in [-0.4, -0.2) is 43.9 Å². The normalized spacial score (nSPS) is 14.6. The molecule has 0 bridgehead atoms. The summed E-state index contributed by atoms with van der Waals surface area (Å²) in [6.45, 7) is 8.93. The van der Waals surface area contributed by atoms with E-state index in [4.69, 9.17) is 23.7 Å². The monoisotopic (exact) mass is 578 g/mol. The average molecular weight is 579 g/mol. The Morgan fingerprint density at radius 2 is 1.78 bits per heavy atom. The molecule has 2 aromatic carbocycles. The molecule has 0 N–H and O–H groups in total. The third-order valence-corrected chi connectivity index (χ3v) is 7.10. The number of allylic oxidation sites excluding steroid dienone is 1. The highest BCUT2D eigenvalue weighted by Gasteiger charge is 2.34. The van der Waals surface area contributed by atoms with E-state index >= 15 is 0 Å². The van der Waals surface area contributed by atoms with Gasteiger partial charge in [-0.05, 0) is 55.3 Å². The minimum Gasteiger partial charge on any atom is -0.493 e. The van der Waals surface area contributed by atoms with Gasteiger partial charge < -0.3 is 23.7 Å². The number of rotatable bonds is 10. The summed E-state index contributed by atoms with van der Waals surface area (Å²) in [6.07, 6.45) is 3.19. The molecule has 4 rings (SSSR count). The minimum absolute atomic E-state index is 0.0129. The molecule has 0 amide bonds. The first-order valence-corrected chi connectivity index (χ1v) is 13.5. The lowest BCUT2D eigenvalue weighted by atomic mass is 9.95. The van der Waals surface area contributed by atoms with Crippen LogP contribution >= 0.6 is 11.3 Å². The molecule has 10 nitrogen and oxygen atoms in total. The molecular weight excluding hydrogens is 548 g/mol. The SMILES string of the molecule is C=CCOC(=O)C1=C(C)N=c2s/c(=C\c3ccc(OCC)c(OC)c3)c(=O)n2C1c1ccc(OC(C)=O)c(OC)c1. The number of thiazole rings is 1. The zero-order chi connectivity index (χ0) is 29.7. The van der Waals surface area contributed by atoms with Crippen LogP contribution in [0.25, 0.3) is 6.08 Å². The van der Waals surface area contributed by atoms with E-state index in [1.807, 2.05) is 13.0 Å². The fourth-order valence-corrected chi connectivity index (χ4v) is 5.45. The molecule has 3 aromatic rings. The zero-order valence-corrected chi connectivity index (χ0v) is 24.2. The molecule has 1 aliphatic rings. The smallest absolute Gasteiger partial charge is 0.338 e. The lowest BCUT2D eigenvalue weighted by Crippen LogP contribution is -2.40. The van der Waals surface area contributed by atoms with Crippen molar-refractivity contribution in [1.82, 2.24) is 4.57 Å². The molecule has 0 aliphatic carbocycles. The van der Waals surface area contributed by atoms with Crippen molar-refractivity contribution in [3.63, 3.8) is 0 Å². The Balaban J connectivity index is 1.91. The Kier molecular flexibility index (Phi) is 9.08. The van der Waals surface area contributed by atoms with E-state index in [-0.39, 0.29) is 29.2 Å². The first kappa shape index (κ1) is 29.3. The van der Waals surface area contributed by atoms with Gasteiger partial charge >= 0.3 is 11.9 Å². The second kappa shape index (κ2) is 12.7. The van der Waals surface area contributed by atoms with Crippen LogP contribution < -0.4 is 33.8 Å². The van der Waals surface area contributed by atoms with Gasteiger partial charge in [0.15, 0.2) is 27.8 Å². The molecule has 1 aliphatic heterocycles. The standard InChI is InChI=1S/C30H30N2O8S/c1-7-13-39-29(35)26-17(3)31-30-32(27(26)20-10-12-22(40-18(4)33)24(16-20)37-6)28(34)25(41-30)15-19-9-11-21(38-8-2)23(14-19)36-5/h7,9-12,14-16,27H,1,8,13H2,2-6H3/b25-15-. The molecule has 11 heteroatoms. The van der Waals surface area contributed by atoms with Crippen LogP contribution in [0.3, 0.4) is 0 Å². The van der Waals surface area contributed by atoms with Crippen molar-refractivity contribution in [2.75, 3.05) is 27.4 Å². The molecule has 1 aromatic heterocycles. The van der Waals surface area contributed by atoms with E-state index in [2.05, 4.69) is 11.6 Å². The maximum Gasteiger partial charge on any atom is 0.338 e. The fourth-order valence-electron chi connectivity index (χ4n) is 4.40. The lowest BCUT2D eigenvalue weighted by molar-refractivity contribution is -0.138. The molecule has 1 atom stereocenters. The Hall–Kier alpha value is -4.64. The fraction of sp³-hybridized carbons (Fsp3) is 0.267. The quantitative estimate of drug-likeness (QED) is 0.205. The predicted molar refractivity (Wildman–Crippen MR) is 153 cm³/mol. The molecule has 0 radical (unpaired) electrons. The molecule has 41 heavy (non-hydrogen) atoms. The second-order valence-electron chi connectivity index (χ2n) is 8.82. The Bertz CT molecular complexity index is 1720. The molecule has 0 saturated heterocycles. The van der Waals surface area contributed by atoms with Gasteiger partial charge in [-0.2, -0.15) is 0 Å². The summed E-state index contributed by atoms with van der Waals surface area (Å²) in [5, 5.41) is 0. The van der Waals surface area contributed by atoms with Crippen molar-refractivity contribution in [3.8, 4) is 23.0 Å². The maximum atomic E-state index is 13.9. The van der Waals surface area contributed by atoms with Crippen molar-refractivity contribution >= 4 is 29.4 Å². The topological polar surface area (TPSA) is 115 Å². The Labute approximate surface area is 240 Å². The Morgan fingerprint density at radius 3 is 2.44 bits per heavy atom. The van der Waals surface area contributed by atoms with Gasteiger partial charge in [-0.1, -0.05) is 36.1 Å². The zero-order valence-electron chi connectivity index (χ0n) is 23.4. The van der Waals surface area contributed by atoms with Crippen LogP contribution in [0.15, 0.2) is 70.1 Å².